The molecule has 1 heterocycles. The number of rotatable bonds is 4. The molecular formula is C17H22ClN3O2. The summed E-state index contributed by atoms with van der Waals surface area (Å²) in [5.74, 6) is 0.221. The summed E-state index contributed by atoms with van der Waals surface area (Å²) in [6.07, 6.45) is 5.55. The minimum atomic E-state index is -0.910. The molecule has 2 N–H and O–H groups in total. The third kappa shape index (κ3) is 2.95. The number of aromatic nitrogens is 3. The number of halogens is 1. The van der Waals surface area contributed by atoms with Gasteiger partial charge in [0.2, 0.25) is 0 Å². The van der Waals surface area contributed by atoms with Crippen molar-refractivity contribution in [2.24, 2.45) is 11.3 Å². The Bertz CT molecular complexity index is 687. The van der Waals surface area contributed by atoms with Crippen molar-refractivity contribution < 1.29 is 10.2 Å². The molecule has 1 aromatic carbocycles. The number of phenolic OH excluding ortho intramolecular Hbond substituents is 1. The van der Waals surface area contributed by atoms with E-state index in [1.54, 1.807) is 23.1 Å². The average molecular weight is 336 g/mol. The molecule has 5 nitrogen and oxygen atoms in total. The number of phenols is 1. The average Bonchev–Trinajstić information content (AvgIpc) is 3.04. The normalized spacial score (nSPS) is 26.5. The van der Waals surface area contributed by atoms with Gasteiger partial charge in [-0.3, -0.25) is 4.68 Å². The summed E-state index contributed by atoms with van der Waals surface area (Å²) in [5.41, 5.74) is -0.326. The summed E-state index contributed by atoms with van der Waals surface area (Å²) in [5, 5.41) is 26.2. The second kappa shape index (κ2) is 5.80. The zero-order chi connectivity index (χ0) is 16.7. The first-order valence-electron chi connectivity index (χ1n) is 7.84. The molecule has 6 heteroatoms. The van der Waals surface area contributed by atoms with E-state index in [4.69, 9.17) is 11.6 Å². The number of nitrogens with zero attached hydrogens (tertiary/aromatic N) is 3. The van der Waals surface area contributed by atoms with Gasteiger partial charge in [-0.05, 0) is 48.3 Å². The van der Waals surface area contributed by atoms with Crippen molar-refractivity contribution in [1.82, 2.24) is 14.8 Å². The van der Waals surface area contributed by atoms with Gasteiger partial charge in [-0.25, -0.2) is 4.98 Å². The van der Waals surface area contributed by atoms with E-state index in [1.807, 2.05) is 6.07 Å². The van der Waals surface area contributed by atoms with Gasteiger partial charge in [-0.1, -0.05) is 31.5 Å². The van der Waals surface area contributed by atoms with Crippen molar-refractivity contribution in [3.05, 3.63) is 41.4 Å². The molecule has 2 unspecified atom stereocenters. The fourth-order valence-electron chi connectivity index (χ4n) is 3.69. The van der Waals surface area contributed by atoms with Crippen molar-refractivity contribution in [3.63, 3.8) is 0 Å². The first kappa shape index (κ1) is 16.3. The lowest BCUT2D eigenvalue weighted by atomic mass is 9.72. The topological polar surface area (TPSA) is 71.2 Å². The maximum absolute atomic E-state index is 11.5. The Morgan fingerprint density at radius 3 is 2.83 bits per heavy atom. The Hall–Kier alpha value is -1.59. The highest BCUT2D eigenvalue weighted by Crippen LogP contribution is 2.52. The van der Waals surface area contributed by atoms with E-state index in [0.29, 0.717) is 18.0 Å². The molecule has 1 aliphatic carbocycles. The van der Waals surface area contributed by atoms with Crippen molar-refractivity contribution in [3.8, 4) is 5.75 Å². The number of hydrogen-bond donors (Lipinski definition) is 2. The third-order valence-electron chi connectivity index (χ3n) is 5.35. The smallest absolute Gasteiger partial charge is 0.137 e. The summed E-state index contributed by atoms with van der Waals surface area (Å²) in [6.45, 7) is 4.58. The van der Waals surface area contributed by atoms with Gasteiger partial charge in [0.1, 0.15) is 18.4 Å². The zero-order valence-corrected chi connectivity index (χ0v) is 14.2. The maximum atomic E-state index is 11.5. The third-order valence-corrected chi connectivity index (χ3v) is 5.58. The predicted octanol–water partition coefficient (Wildman–Crippen LogP) is 3.05. The summed E-state index contributed by atoms with van der Waals surface area (Å²) in [6, 6.07) is 5.15. The van der Waals surface area contributed by atoms with Gasteiger partial charge in [0.25, 0.3) is 0 Å². The molecule has 124 valence electrons. The van der Waals surface area contributed by atoms with Crippen LogP contribution in [0.15, 0.2) is 30.9 Å². The van der Waals surface area contributed by atoms with Crippen molar-refractivity contribution >= 4 is 11.6 Å². The molecule has 0 saturated heterocycles. The molecular weight excluding hydrogens is 314 g/mol. The van der Waals surface area contributed by atoms with Crippen LogP contribution in [-0.2, 0) is 13.0 Å². The quantitative estimate of drug-likeness (QED) is 0.900. The van der Waals surface area contributed by atoms with Gasteiger partial charge in [0, 0.05) is 5.02 Å². The van der Waals surface area contributed by atoms with Gasteiger partial charge in [-0.2, -0.15) is 5.10 Å². The molecule has 1 saturated carbocycles. The summed E-state index contributed by atoms with van der Waals surface area (Å²) < 4.78 is 1.68. The minimum Gasteiger partial charge on any atom is -0.508 e. The van der Waals surface area contributed by atoms with E-state index in [2.05, 4.69) is 23.9 Å². The van der Waals surface area contributed by atoms with Crippen LogP contribution in [0.1, 0.15) is 32.3 Å². The van der Waals surface area contributed by atoms with Crippen LogP contribution in [0.5, 0.6) is 5.75 Å². The van der Waals surface area contributed by atoms with E-state index >= 15 is 0 Å². The Morgan fingerprint density at radius 2 is 2.17 bits per heavy atom. The first-order valence-corrected chi connectivity index (χ1v) is 8.22. The maximum Gasteiger partial charge on any atom is 0.137 e. The largest absolute Gasteiger partial charge is 0.508 e. The van der Waals surface area contributed by atoms with Gasteiger partial charge in [-0.15, -0.1) is 0 Å². The van der Waals surface area contributed by atoms with Crippen LogP contribution in [0.25, 0.3) is 0 Å². The second-order valence-electron chi connectivity index (χ2n) is 7.11. The fourth-order valence-corrected chi connectivity index (χ4v) is 3.86. The van der Waals surface area contributed by atoms with Crippen molar-refractivity contribution in [1.29, 1.82) is 0 Å². The van der Waals surface area contributed by atoms with E-state index < -0.39 is 5.60 Å². The van der Waals surface area contributed by atoms with Crippen molar-refractivity contribution in [2.75, 3.05) is 0 Å². The van der Waals surface area contributed by atoms with Crippen LogP contribution in [0.3, 0.4) is 0 Å². The number of aromatic hydroxyl groups is 1. The van der Waals surface area contributed by atoms with Crippen LogP contribution < -0.4 is 0 Å². The molecule has 1 aliphatic rings. The van der Waals surface area contributed by atoms with Crippen LogP contribution in [-0.4, -0.2) is 30.6 Å². The van der Waals surface area contributed by atoms with Crippen LogP contribution in [0.4, 0.5) is 0 Å². The van der Waals surface area contributed by atoms with Crippen LogP contribution in [0, 0.1) is 11.3 Å². The van der Waals surface area contributed by atoms with E-state index in [9.17, 15) is 10.2 Å². The number of benzene rings is 1. The Kier molecular flexibility index (Phi) is 4.10. The molecule has 2 atom stereocenters. The Morgan fingerprint density at radius 1 is 1.39 bits per heavy atom. The second-order valence-corrected chi connectivity index (χ2v) is 7.55. The molecule has 1 aromatic heterocycles. The highest BCUT2D eigenvalue weighted by Gasteiger charge is 2.54. The highest BCUT2D eigenvalue weighted by molar-refractivity contribution is 6.30. The fraction of sp³-hybridized carbons (Fsp3) is 0.529. The lowest BCUT2D eigenvalue weighted by Gasteiger charge is -2.40. The molecule has 0 bridgehead atoms. The minimum absolute atomic E-state index is 0.0359. The monoisotopic (exact) mass is 335 g/mol. The standard InChI is InChI=1S/C17H22ClN3O2/c1-16(2)6-5-13(7-12-3-4-14(18)8-15(12)22)17(16,23)9-21-11-19-10-20-21/h3-4,8,10-11,13,22-23H,5-7,9H2,1-2H3. The SMILES string of the molecule is CC1(C)CCC(Cc2ccc(Cl)cc2O)C1(O)Cn1cncn1. The van der Waals surface area contributed by atoms with Crippen LogP contribution in [0.2, 0.25) is 5.02 Å². The Balaban J connectivity index is 1.88. The number of aliphatic hydroxyl groups is 1. The highest BCUT2D eigenvalue weighted by atomic mass is 35.5. The van der Waals surface area contributed by atoms with Crippen molar-refractivity contribution in [2.45, 2.75) is 45.3 Å². The Labute approximate surface area is 140 Å². The lowest BCUT2D eigenvalue weighted by Crippen LogP contribution is -2.49. The predicted molar refractivity (Wildman–Crippen MR) is 88.3 cm³/mol. The first-order chi connectivity index (χ1) is 10.8. The van der Waals surface area contributed by atoms with Gasteiger partial charge >= 0.3 is 0 Å². The lowest BCUT2D eigenvalue weighted by molar-refractivity contribution is -0.0907. The van der Waals surface area contributed by atoms with E-state index in [0.717, 1.165) is 18.4 Å². The molecule has 0 radical (unpaired) electrons. The van der Waals surface area contributed by atoms with E-state index in [1.165, 1.54) is 6.33 Å². The molecule has 0 spiro atoms. The molecule has 23 heavy (non-hydrogen) atoms. The van der Waals surface area contributed by atoms with Gasteiger partial charge in [0.05, 0.1) is 12.1 Å². The van der Waals surface area contributed by atoms with E-state index in [-0.39, 0.29) is 17.1 Å². The molecule has 2 aromatic rings. The summed E-state index contributed by atoms with van der Waals surface area (Å²) in [7, 11) is 0. The molecule has 0 amide bonds. The molecule has 3 rings (SSSR count). The van der Waals surface area contributed by atoms with Gasteiger partial charge < -0.3 is 10.2 Å². The molecule has 0 aliphatic heterocycles. The summed E-state index contributed by atoms with van der Waals surface area (Å²) >= 11 is 5.90. The van der Waals surface area contributed by atoms with Crippen LogP contribution >= 0.6 is 11.6 Å². The zero-order valence-electron chi connectivity index (χ0n) is 13.4. The number of hydrogen-bond acceptors (Lipinski definition) is 4. The summed E-state index contributed by atoms with van der Waals surface area (Å²) in [4.78, 5) is 3.96. The molecule has 1 fully saturated rings. The van der Waals surface area contributed by atoms with Gasteiger partial charge in [0.15, 0.2) is 0 Å².